The Morgan fingerprint density at radius 1 is 0.706 bits per heavy atom. The van der Waals surface area contributed by atoms with Gasteiger partial charge in [0.15, 0.2) is 0 Å². The largest absolute Gasteiger partial charge is 0.378 e. The molecule has 0 aliphatic carbocycles. The van der Waals surface area contributed by atoms with Crippen LogP contribution >= 0.6 is 0 Å². The lowest BCUT2D eigenvalue weighted by Crippen LogP contribution is -2.17. The Bertz CT molecular complexity index is 979. The van der Waals surface area contributed by atoms with E-state index in [-0.39, 0.29) is 5.82 Å². The van der Waals surface area contributed by atoms with E-state index in [0.717, 1.165) is 12.0 Å². The number of rotatable bonds is 16. The molecule has 182 valence electrons. The zero-order valence-electron chi connectivity index (χ0n) is 19.2. The highest BCUT2D eigenvalue weighted by atomic mass is 19.1. The van der Waals surface area contributed by atoms with Crippen LogP contribution in [-0.2, 0) is 22.4 Å². The third kappa shape index (κ3) is 9.65. The Labute approximate surface area is 199 Å². The molecular formula is C24H32FN7O2. The molecule has 2 aromatic carbocycles. The molecule has 0 spiro atoms. The smallest absolute Gasteiger partial charge is 0.229 e. The Hall–Kier alpha value is -3.34. The molecule has 0 aliphatic heterocycles. The summed E-state index contributed by atoms with van der Waals surface area (Å²) in [4.78, 5) is 13.3. The second-order valence-corrected chi connectivity index (χ2v) is 7.39. The molecule has 3 aromatic rings. The Morgan fingerprint density at radius 2 is 1.35 bits per heavy atom. The van der Waals surface area contributed by atoms with E-state index in [1.807, 2.05) is 24.3 Å². The molecule has 0 unspecified atom stereocenters. The van der Waals surface area contributed by atoms with Crippen molar-refractivity contribution in [2.45, 2.75) is 13.0 Å². The molecule has 3 rings (SSSR count). The van der Waals surface area contributed by atoms with E-state index < -0.39 is 0 Å². The van der Waals surface area contributed by atoms with Crippen molar-refractivity contribution in [3.8, 4) is 0 Å². The van der Waals surface area contributed by atoms with Crippen molar-refractivity contribution >= 4 is 17.8 Å². The van der Waals surface area contributed by atoms with Crippen LogP contribution in [0, 0.1) is 5.82 Å². The molecule has 1 heterocycles. The number of hydrogen-bond donors (Lipinski definition) is 4. The Kier molecular flexibility index (Phi) is 11.0. The number of ether oxygens (including phenoxy) is 2. The number of nitrogens with one attached hydrogen (secondary N) is 3. The van der Waals surface area contributed by atoms with Gasteiger partial charge in [0, 0.05) is 26.2 Å². The minimum Gasteiger partial charge on any atom is -0.378 e. The van der Waals surface area contributed by atoms with Crippen LogP contribution in [0.4, 0.5) is 22.2 Å². The van der Waals surface area contributed by atoms with Gasteiger partial charge in [-0.05, 0) is 29.7 Å². The summed E-state index contributed by atoms with van der Waals surface area (Å²) in [5.74, 6) is 0.974. The predicted octanol–water partition coefficient (Wildman–Crippen LogP) is 2.68. The van der Waals surface area contributed by atoms with Crippen LogP contribution in [0.5, 0.6) is 0 Å². The summed E-state index contributed by atoms with van der Waals surface area (Å²) in [6, 6.07) is 16.6. The van der Waals surface area contributed by atoms with Crippen LogP contribution in [0.3, 0.4) is 0 Å². The minimum absolute atomic E-state index is 0.283. The van der Waals surface area contributed by atoms with Gasteiger partial charge in [-0.1, -0.05) is 42.5 Å². The van der Waals surface area contributed by atoms with Crippen LogP contribution in [0.1, 0.15) is 11.1 Å². The van der Waals surface area contributed by atoms with Gasteiger partial charge >= 0.3 is 0 Å². The topological polar surface area (TPSA) is 119 Å². The van der Waals surface area contributed by atoms with Crippen molar-refractivity contribution < 1.29 is 13.9 Å². The normalized spacial score (nSPS) is 10.8. The highest BCUT2D eigenvalue weighted by Gasteiger charge is 2.07. The van der Waals surface area contributed by atoms with Gasteiger partial charge in [0.05, 0.1) is 26.4 Å². The lowest BCUT2D eigenvalue weighted by atomic mass is 10.1. The van der Waals surface area contributed by atoms with Crippen LogP contribution in [0.2, 0.25) is 0 Å². The number of halogens is 1. The van der Waals surface area contributed by atoms with Gasteiger partial charge in [-0.25, -0.2) is 4.39 Å². The van der Waals surface area contributed by atoms with Gasteiger partial charge < -0.3 is 31.2 Å². The summed E-state index contributed by atoms with van der Waals surface area (Å²) >= 11 is 0. The molecule has 0 aliphatic rings. The number of anilines is 3. The number of nitrogens with zero attached hydrogens (tertiary/aromatic N) is 3. The molecule has 0 radical (unpaired) electrons. The first-order chi connectivity index (χ1) is 16.7. The fourth-order valence-electron chi connectivity index (χ4n) is 3.04. The SMILES string of the molecule is NCCOCCOCCNc1nc(NCCc2ccccc2)nc(NCc2cccc(F)c2)n1. The molecular weight excluding hydrogens is 437 g/mol. The number of aromatic nitrogens is 3. The first-order valence-corrected chi connectivity index (χ1v) is 11.3. The first-order valence-electron chi connectivity index (χ1n) is 11.3. The maximum atomic E-state index is 13.5. The molecule has 0 saturated heterocycles. The minimum atomic E-state index is -0.283. The predicted molar refractivity (Wildman–Crippen MR) is 131 cm³/mol. The van der Waals surface area contributed by atoms with E-state index in [2.05, 4.69) is 43.0 Å². The first kappa shape index (κ1) is 25.3. The number of benzene rings is 2. The van der Waals surface area contributed by atoms with Gasteiger partial charge in [-0.3, -0.25) is 0 Å². The van der Waals surface area contributed by atoms with Crippen molar-refractivity contribution in [3.63, 3.8) is 0 Å². The van der Waals surface area contributed by atoms with Crippen molar-refractivity contribution in [3.05, 3.63) is 71.5 Å². The summed E-state index contributed by atoms with van der Waals surface area (Å²) in [5.41, 5.74) is 7.39. The lowest BCUT2D eigenvalue weighted by Gasteiger charge is -2.12. The molecule has 0 amide bonds. The molecule has 0 fully saturated rings. The zero-order chi connectivity index (χ0) is 23.8. The van der Waals surface area contributed by atoms with Crippen LogP contribution in [-0.4, -0.2) is 61.0 Å². The fourth-order valence-corrected chi connectivity index (χ4v) is 3.04. The van der Waals surface area contributed by atoms with E-state index in [1.165, 1.54) is 17.7 Å². The number of hydrogen-bond acceptors (Lipinski definition) is 9. The summed E-state index contributed by atoms with van der Waals surface area (Å²) < 4.78 is 24.3. The van der Waals surface area contributed by atoms with E-state index >= 15 is 0 Å². The molecule has 5 N–H and O–H groups in total. The van der Waals surface area contributed by atoms with E-state index in [9.17, 15) is 4.39 Å². The average molecular weight is 470 g/mol. The Balaban J connectivity index is 1.54. The maximum Gasteiger partial charge on any atom is 0.229 e. The third-order valence-corrected chi connectivity index (χ3v) is 4.68. The summed E-state index contributed by atoms with van der Waals surface area (Å²) in [7, 11) is 0. The summed E-state index contributed by atoms with van der Waals surface area (Å²) in [6.45, 7) is 4.07. The zero-order valence-corrected chi connectivity index (χ0v) is 19.2. The molecule has 0 bridgehead atoms. The maximum absolute atomic E-state index is 13.5. The highest BCUT2D eigenvalue weighted by molar-refractivity contribution is 5.42. The van der Waals surface area contributed by atoms with Gasteiger partial charge in [0.2, 0.25) is 17.8 Å². The van der Waals surface area contributed by atoms with E-state index in [1.54, 1.807) is 6.07 Å². The molecule has 34 heavy (non-hydrogen) atoms. The molecule has 0 atom stereocenters. The van der Waals surface area contributed by atoms with Crippen molar-refractivity contribution in [1.29, 1.82) is 0 Å². The average Bonchev–Trinajstić information content (AvgIpc) is 2.85. The summed E-state index contributed by atoms with van der Waals surface area (Å²) in [5, 5.41) is 9.55. The van der Waals surface area contributed by atoms with E-state index in [4.69, 9.17) is 15.2 Å². The lowest BCUT2D eigenvalue weighted by molar-refractivity contribution is 0.0547. The molecule has 0 saturated carbocycles. The third-order valence-electron chi connectivity index (χ3n) is 4.68. The number of nitrogens with two attached hydrogens (primary N) is 1. The summed E-state index contributed by atoms with van der Waals surface area (Å²) in [6.07, 6.45) is 0.835. The van der Waals surface area contributed by atoms with Gasteiger partial charge in [-0.15, -0.1) is 0 Å². The Morgan fingerprint density at radius 3 is 2.06 bits per heavy atom. The van der Waals surface area contributed by atoms with Gasteiger partial charge in [0.25, 0.3) is 0 Å². The quantitative estimate of drug-likeness (QED) is 0.235. The van der Waals surface area contributed by atoms with Crippen molar-refractivity contribution in [1.82, 2.24) is 15.0 Å². The van der Waals surface area contributed by atoms with Crippen LogP contribution in [0.25, 0.3) is 0 Å². The monoisotopic (exact) mass is 469 g/mol. The van der Waals surface area contributed by atoms with Crippen LogP contribution < -0.4 is 21.7 Å². The second kappa shape index (κ2) is 14.7. The molecule has 1 aromatic heterocycles. The second-order valence-electron chi connectivity index (χ2n) is 7.39. The van der Waals surface area contributed by atoms with Crippen LogP contribution in [0.15, 0.2) is 54.6 Å². The van der Waals surface area contributed by atoms with Gasteiger partial charge in [-0.2, -0.15) is 15.0 Å². The fraction of sp³-hybridized carbons (Fsp3) is 0.375. The van der Waals surface area contributed by atoms with Crippen molar-refractivity contribution in [2.75, 3.05) is 62.0 Å². The van der Waals surface area contributed by atoms with E-state index in [0.29, 0.717) is 70.5 Å². The highest BCUT2D eigenvalue weighted by Crippen LogP contribution is 2.12. The standard InChI is InChI=1S/C24H32FN7O2/c25-21-8-4-7-20(17-21)18-29-24-31-22(27-11-9-19-5-2-1-3-6-19)30-23(32-24)28-12-14-34-16-15-33-13-10-26/h1-8,17H,9-16,18,26H2,(H3,27,28,29,30,31,32). The molecule has 9 nitrogen and oxygen atoms in total. The van der Waals surface area contributed by atoms with Gasteiger partial charge in [0.1, 0.15) is 5.82 Å². The molecule has 10 heteroatoms. The van der Waals surface area contributed by atoms with Crippen molar-refractivity contribution in [2.24, 2.45) is 5.73 Å².